The molecule has 0 bridgehead atoms. The van der Waals surface area contributed by atoms with E-state index >= 15 is 0 Å². The van der Waals surface area contributed by atoms with Gasteiger partial charge in [0, 0.05) is 12.1 Å². The molecule has 2 rings (SSSR count). The molecule has 3 heteroatoms. The van der Waals surface area contributed by atoms with Gasteiger partial charge in [-0.15, -0.1) is 0 Å². The molecule has 2 aromatic carbocycles. The van der Waals surface area contributed by atoms with Crippen LogP contribution in [0.1, 0.15) is 30.6 Å². The Labute approximate surface area is 126 Å². The molecule has 112 valence electrons. The maximum absolute atomic E-state index is 6.25. The van der Waals surface area contributed by atoms with Crippen molar-refractivity contribution in [1.29, 1.82) is 0 Å². The lowest BCUT2D eigenvalue weighted by atomic mass is 10.00. The fourth-order valence-corrected chi connectivity index (χ4v) is 2.19. The molecule has 21 heavy (non-hydrogen) atoms. The lowest BCUT2D eigenvalue weighted by Crippen LogP contribution is -2.31. The van der Waals surface area contributed by atoms with Gasteiger partial charge in [-0.3, -0.25) is 0 Å². The second kappa shape index (κ2) is 7.14. The molecule has 0 aliphatic rings. The zero-order valence-corrected chi connectivity index (χ0v) is 12.9. The molecule has 0 saturated heterocycles. The molecule has 0 radical (unpaired) electrons. The van der Waals surface area contributed by atoms with Crippen LogP contribution in [0.3, 0.4) is 0 Å². The van der Waals surface area contributed by atoms with Gasteiger partial charge >= 0.3 is 0 Å². The summed E-state index contributed by atoms with van der Waals surface area (Å²) in [5, 5.41) is 0. The van der Waals surface area contributed by atoms with Crippen LogP contribution < -0.4 is 15.2 Å². The third kappa shape index (κ3) is 3.99. The predicted molar refractivity (Wildman–Crippen MR) is 85.8 cm³/mol. The molecule has 0 aromatic heterocycles. The highest BCUT2D eigenvalue weighted by atomic mass is 16.5. The third-order valence-corrected chi connectivity index (χ3v) is 3.57. The fourth-order valence-electron chi connectivity index (χ4n) is 2.19. The number of aryl methyl sites for hydroxylation is 1. The van der Waals surface area contributed by atoms with Gasteiger partial charge in [0.25, 0.3) is 0 Å². The van der Waals surface area contributed by atoms with Crippen LogP contribution in [0.25, 0.3) is 0 Å². The Morgan fingerprint density at radius 2 is 1.71 bits per heavy atom. The van der Waals surface area contributed by atoms with Crippen molar-refractivity contribution in [2.24, 2.45) is 5.73 Å². The van der Waals surface area contributed by atoms with E-state index in [4.69, 9.17) is 15.2 Å². The first-order valence-electron chi connectivity index (χ1n) is 7.27. The lowest BCUT2D eigenvalue weighted by Gasteiger charge is -2.25. The molecule has 3 nitrogen and oxygen atoms in total. The number of hydrogen-bond acceptors (Lipinski definition) is 3. The molecule has 0 spiro atoms. The topological polar surface area (TPSA) is 44.5 Å². The second-order valence-corrected chi connectivity index (χ2v) is 5.20. The van der Waals surface area contributed by atoms with E-state index in [1.165, 1.54) is 5.56 Å². The van der Waals surface area contributed by atoms with Crippen molar-refractivity contribution in [3.05, 3.63) is 59.7 Å². The van der Waals surface area contributed by atoms with Crippen LogP contribution in [-0.2, 0) is 0 Å². The van der Waals surface area contributed by atoms with Gasteiger partial charge < -0.3 is 15.2 Å². The molecule has 0 heterocycles. The van der Waals surface area contributed by atoms with Crippen molar-refractivity contribution in [3.63, 3.8) is 0 Å². The third-order valence-electron chi connectivity index (χ3n) is 3.57. The molecule has 2 atom stereocenters. The largest absolute Gasteiger partial charge is 0.497 e. The van der Waals surface area contributed by atoms with Crippen molar-refractivity contribution in [2.75, 3.05) is 7.11 Å². The van der Waals surface area contributed by atoms with Crippen LogP contribution in [0.15, 0.2) is 48.5 Å². The van der Waals surface area contributed by atoms with Crippen molar-refractivity contribution in [1.82, 2.24) is 0 Å². The number of rotatable bonds is 6. The average molecular weight is 285 g/mol. The Balaban J connectivity index is 2.25. The fraction of sp³-hybridized carbons (Fsp3) is 0.333. The summed E-state index contributed by atoms with van der Waals surface area (Å²) in [5.41, 5.74) is 8.57. The van der Waals surface area contributed by atoms with E-state index < -0.39 is 0 Å². The molecule has 2 unspecified atom stereocenters. The van der Waals surface area contributed by atoms with Crippen LogP contribution in [0.2, 0.25) is 0 Å². The standard InChI is InChI=1S/C18H23NO2/c1-4-17(19)18(14-10-8-13(2)9-11-14)21-16-7-5-6-15(12-16)20-3/h5-12,17-18H,4,19H2,1-3H3. The lowest BCUT2D eigenvalue weighted by molar-refractivity contribution is 0.170. The number of benzene rings is 2. The maximum Gasteiger partial charge on any atom is 0.139 e. The molecule has 0 amide bonds. The van der Waals surface area contributed by atoms with Crippen LogP contribution >= 0.6 is 0 Å². The van der Waals surface area contributed by atoms with Gasteiger partial charge in [-0.05, 0) is 31.0 Å². The van der Waals surface area contributed by atoms with Gasteiger partial charge in [-0.2, -0.15) is 0 Å². The first kappa shape index (κ1) is 15.4. The molecule has 2 aromatic rings. The van der Waals surface area contributed by atoms with Gasteiger partial charge in [0.2, 0.25) is 0 Å². The summed E-state index contributed by atoms with van der Waals surface area (Å²) in [6.07, 6.45) is 0.686. The summed E-state index contributed by atoms with van der Waals surface area (Å²) >= 11 is 0. The van der Waals surface area contributed by atoms with Crippen LogP contribution in [0.5, 0.6) is 11.5 Å². The highest BCUT2D eigenvalue weighted by molar-refractivity contribution is 5.34. The SMILES string of the molecule is CCC(N)C(Oc1cccc(OC)c1)c1ccc(C)cc1. The van der Waals surface area contributed by atoms with Crippen molar-refractivity contribution < 1.29 is 9.47 Å². The normalized spacial score (nSPS) is 13.5. The van der Waals surface area contributed by atoms with E-state index in [0.29, 0.717) is 0 Å². The molecular weight excluding hydrogens is 262 g/mol. The Morgan fingerprint density at radius 1 is 1.05 bits per heavy atom. The summed E-state index contributed by atoms with van der Waals surface area (Å²) in [7, 11) is 1.65. The monoisotopic (exact) mass is 285 g/mol. The highest BCUT2D eigenvalue weighted by Gasteiger charge is 2.20. The van der Waals surface area contributed by atoms with E-state index in [1.807, 2.05) is 24.3 Å². The summed E-state index contributed by atoms with van der Waals surface area (Å²) in [6.45, 7) is 4.14. The first-order chi connectivity index (χ1) is 10.1. The summed E-state index contributed by atoms with van der Waals surface area (Å²) in [4.78, 5) is 0. The maximum atomic E-state index is 6.25. The number of nitrogens with two attached hydrogens (primary N) is 1. The van der Waals surface area contributed by atoms with E-state index in [1.54, 1.807) is 7.11 Å². The molecule has 0 aliphatic carbocycles. The van der Waals surface area contributed by atoms with Gasteiger partial charge in [-0.25, -0.2) is 0 Å². The van der Waals surface area contributed by atoms with Crippen molar-refractivity contribution >= 4 is 0 Å². The summed E-state index contributed by atoms with van der Waals surface area (Å²) in [6, 6.07) is 15.9. The Hall–Kier alpha value is -2.00. The Bertz CT molecular complexity index is 566. The van der Waals surface area contributed by atoms with Gasteiger partial charge in [0.15, 0.2) is 0 Å². The number of ether oxygens (including phenoxy) is 2. The zero-order chi connectivity index (χ0) is 15.2. The van der Waals surface area contributed by atoms with Crippen molar-refractivity contribution in [2.45, 2.75) is 32.4 Å². The second-order valence-electron chi connectivity index (χ2n) is 5.20. The quantitative estimate of drug-likeness (QED) is 0.876. The van der Waals surface area contributed by atoms with Crippen molar-refractivity contribution in [3.8, 4) is 11.5 Å². The Morgan fingerprint density at radius 3 is 2.33 bits per heavy atom. The zero-order valence-electron chi connectivity index (χ0n) is 12.9. The Kier molecular flexibility index (Phi) is 5.23. The van der Waals surface area contributed by atoms with E-state index in [0.717, 1.165) is 23.5 Å². The summed E-state index contributed by atoms with van der Waals surface area (Å²) in [5.74, 6) is 1.55. The van der Waals surface area contributed by atoms with Gasteiger partial charge in [-0.1, -0.05) is 42.8 Å². The molecule has 0 saturated carbocycles. The summed E-state index contributed by atoms with van der Waals surface area (Å²) < 4.78 is 11.4. The molecule has 0 fully saturated rings. The minimum atomic E-state index is -0.164. The van der Waals surface area contributed by atoms with E-state index in [9.17, 15) is 0 Å². The smallest absolute Gasteiger partial charge is 0.139 e. The molecular formula is C18H23NO2. The van der Waals surface area contributed by atoms with Crippen LogP contribution in [-0.4, -0.2) is 13.2 Å². The average Bonchev–Trinajstić information content (AvgIpc) is 2.53. The van der Waals surface area contributed by atoms with E-state index in [-0.39, 0.29) is 12.1 Å². The minimum absolute atomic E-state index is 0.0566. The van der Waals surface area contributed by atoms with Crippen LogP contribution in [0, 0.1) is 6.92 Å². The highest BCUT2D eigenvalue weighted by Crippen LogP contribution is 2.28. The minimum Gasteiger partial charge on any atom is -0.497 e. The molecule has 0 aliphatic heterocycles. The predicted octanol–water partition coefficient (Wildman–Crippen LogP) is 3.86. The van der Waals surface area contributed by atoms with Crippen LogP contribution in [0.4, 0.5) is 0 Å². The number of methoxy groups -OCH3 is 1. The molecule has 2 N–H and O–H groups in total. The number of hydrogen-bond donors (Lipinski definition) is 1. The van der Waals surface area contributed by atoms with E-state index in [2.05, 4.69) is 38.1 Å². The van der Waals surface area contributed by atoms with Gasteiger partial charge in [0.05, 0.1) is 7.11 Å². The first-order valence-corrected chi connectivity index (χ1v) is 7.27. The van der Waals surface area contributed by atoms with Gasteiger partial charge in [0.1, 0.15) is 17.6 Å².